The number of imidazole rings is 1. The fraction of sp³-hybridized carbons (Fsp3) is 0.500. The zero-order valence-corrected chi connectivity index (χ0v) is 22.9. The van der Waals surface area contributed by atoms with Gasteiger partial charge in [0.2, 0.25) is 5.95 Å². The van der Waals surface area contributed by atoms with Crippen LogP contribution in [0.2, 0.25) is 0 Å². The normalized spacial score (nSPS) is 30.8. The van der Waals surface area contributed by atoms with E-state index in [9.17, 15) is 34.7 Å². The third-order valence-corrected chi connectivity index (χ3v) is 8.30. The first kappa shape index (κ1) is 29.5. The number of fused-ring (bicyclic) bond motifs is 2. The summed E-state index contributed by atoms with van der Waals surface area (Å²) >= 11 is 0. The highest BCUT2D eigenvalue weighted by Gasteiger charge is 2.50. The number of ether oxygens (including phenoxy) is 2. The number of aliphatic hydroxyl groups excluding tert-OH is 4. The SMILES string of the molecule is Nc1nc2c(ncn2[C@@H]2O[C@H](CO)[C@@H](O)[C@H]2OP(=O)(O)OCC[C@H]2O[C@@H](n3ccc4c(N)ncnc43)[C@H](O)[C@@H]2O)c(=O)[nH]1. The lowest BCUT2D eigenvalue weighted by molar-refractivity contribution is -0.0528. The number of nitrogens with zero attached hydrogens (tertiary/aromatic N) is 6. The second-order valence-corrected chi connectivity index (χ2v) is 11.3. The van der Waals surface area contributed by atoms with Crippen LogP contribution in [0.15, 0.2) is 29.7 Å². The Morgan fingerprint density at radius 3 is 2.56 bits per heavy atom. The Balaban J connectivity index is 1.13. The van der Waals surface area contributed by atoms with Crippen LogP contribution in [-0.4, -0.2) is 109 Å². The summed E-state index contributed by atoms with van der Waals surface area (Å²) in [7, 11) is -4.93. The summed E-state index contributed by atoms with van der Waals surface area (Å²) in [4.78, 5) is 41.0. The molecule has 0 aromatic carbocycles. The highest BCUT2D eigenvalue weighted by atomic mass is 31.2. The monoisotopic (exact) mass is 625 g/mol. The van der Waals surface area contributed by atoms with Gasteiger partial charge in [-0.3, -0.25) is 23.4 Å². The molecule has 21 heteroatoms. The van der Waals surface area contributed by atoms with E-state index in [4.69, 9.17) is 30.0 Å². The molecule has 0 bridgehead atoms. The molecule has 4 aromatic rings. The average Bonchev–Trinajstić information content (AvgIpc) is 3.71. The quantitative estimate of drug-likeness (QED) is 0.0891. The van der Waals surface area contributed by atoms with E-state index >= 15 is 0 Å². The van der Waals surface area contributed by atoms with Crippen molar-refractivity contribution < 1.29 is 48.4 Å². The van der Waals surface area contributed by atoms with Crippen LogP contribution in [0, 0.1) is 0 Å². The van der Waals surface area contributed by atoms with Gasteiger partial charge in [0.05, 0.1) is 31.0 Å². The fourth-order valence-corrected chi connectivity index (χ4v) is 6.13. The van der Waals surface area contributed by atoms with E-state index in [1.54, 1.807) is 12.3 Å². The molecule has 6 rings (SSSR count). The van der Waals surface area contributed by atoms with Gasteiger partial charge in [0.25, 0.3) is 5.56 Å². The molecule has 43 heavy (non-hydrogen) atoms. The molecule has 0 saturated carbocycles. The third-order valence-electron chi connectivity index (χ3n) is 7.28. The van der Waals surface area contributed by atoms with Crippen molar-refractivity contribution in [3.05, 3.63) is 35.3 Å². The molecule has 1 unspecified atom stereocenters. The van der Waals surface area contributed by atoms with Crippen molar-refractivity contribution in [1.82, 2.24) is 34.1 Å². The van der Waals surface area contributed by atoms with Gasteiger partial charge in [-0.25, -0.2) is 19.5 Å². The summed E-state index contributed by atoms with van der Waals surface area (Å²) in [5.74, 6) is -0.0165. The third kappa shape index (κ3) is 5.27. The smallest absolute Gasteiger partial charge is 0.394 e. The van der Waals surface area contributed by atoms with Gasteiger partial charge in [-0.05, 0) is 6.07 Å². The van der Waals surface area contributed by atoms with E-state index in [0.29, 0.717) is 11.0 Å². The maximum absolute atomic E-state index is 12.9. The molecule has 0 radical (unpaired) electrons. The molecular weight excluding hydrogens is 597 g/mol. The Bertz CT molecular complexity index is 1750. The molecule has 4 aromatic heterocycles. The van der Waals surface area contributed by atoms with Gasteiger partial charge in [-0.1, -0.05) is 0 Å². The predicted molar refractivity (Wildman–Crippen MR) is 143 cm³/mol. The highest BCUT2D eigenvalue weighted by Crippen LogP contribution is 2.49. The number of phosphoric ester groups is 1. The van der Waals surface area contributed by atoms with Crippen molar-refractivity contribution in [2.45, 2.75) is 55.5 Å². The first-order chi connectivity index (χ1) is 20.5. The van der Waals surface area contributed by atoms with Crippen molar-refractivity contribution in [1.29, 1.82) is 0 Å². The minimum atomic E-state index is -4.93. The average molecular weight is 625 g/mol. The topological polar surface area (TPSA) is 301 Å². The number of aliphatic hydroxyl groups is 4. The largest absolute Gasteiger partial charge is 0.472 e. The zero-order valence-electron chi connectivity index (χ0n) is 22.0. The van der Waals surface area contributed by atoms with Gasteiger partial charge in [-0.15, -0.1) is 0 Å². The van der Waals surface area contributed by atoms with Gasteiger partial charge in [-0.2, -0.15) is 4.98 Å². The molecule has 10 N–H and O–H groups in total. The number of anilines is 2. The Kier molecular flexibility index (Phi) is 7.67. The predicted octanol–water partition coefficient (Wildman–Crippen LogP) is -2.51. The summed E-state index contributed by atoms with van der Waals surface area (Å²) in [6.07, 6.45) is -6.85. The van der Waals surface area contributed by atoms with E-state index in [-0.39, 0.29) is 29.4 Å². The fourth-order valence-electron chi connectivity index (χ4n) is 5.20. The zero-order chi connectivity index (χ0) is 30.6. The van der Waals surface area contributed by atoms with E-state index in [1.165, 1.54) is 10.9 Å². The summed E-state index contributed by atoms with van der Waals surface area (Å²) in [6.45, 7) is -1.15. The molecule has 2 aliphatic rings. The minimum absolute atomic E-state index is 0.0653. The first-order valence-corrected chi connectivity index (χ1v) is 14.4. The summed E-state index contributed by atoms with van der Waals surface area (Å²) in [5.41, 5.74) is 11.0. The second kappa shape index (κ2) is 11.2. The number of rotatable bonds is 9. The van der Waals surface area contributed by atoms with Crippen molar-refractivity contribution in [3.8, 4) is 0 Å². The van der Waals surface area contributed by atoms with Gasteiger partial charge in [0, 0.05) is 12.6 Å². The molecule has 0 amide bonds. The summed E-state index contributed by atoms with van der Waals surface area (Å²) in [5, 5.41) is 42.1. The lowest BCUT2D eigenvalue weighted by atomic mass is 10.1. The number of nitrogens with two attached hydrogens (primary N) is 2. The molecular formula is C22H28N9O11P. The van der Waals surface area contributed by atoms with Crippen LogP contribution in [-0.2, 0) is 23.1 Å². The molecule has 0 aliphatic carbocycles. The number of H-pyrrole nitrogens is 1. The summed E-state index contributed by atoms with van der Waals surface area (Å²) in [6, 6.07) is 1.63. The maximum Gasteiger partial charge on any atom is 0.472 e. The first-order valence-electron chi connectivity index (χ1n) is 12.9. The number of nitrogens with one attached hydrogen (secondary N) is 1. The number of aromatic nitrogens is 7. The van der Waals surface area contributed by atoms with Crippen LogP contribution < -0.4 is 17.0 Å². The van der Waals surface area contributed by atoms with Crippen LogP contribution in [0.5, 0.6) is 0 Å². The van der Waals surface area contributed by atoms with Crippen molar-refractivity contribution in [3.63, 3.8) is 0 Å². The number of hydrogen-bond acceptors (Lipinski definition) is 16. The second-order valence-electron chi connectivity index (χ2n) is 9.94. The number of aromatic amines is 1. The van der Waals surface area contributed by atoms with Gasteiger partial charge in [0.15, 0.2) is 23.6 Å². The van der Waals surface area contributed by atoms with Crippen LogP contribution >= 0.6 is 7.82 Å². The van der Waals surface area contributed by atoms with Crippen molar-refractivity contribution >= 4 is 41.8 Å². The molecule has 2 aliphatic heterocycles. The molecule has 9 atom stereocenters. The van der Waals surface area contributed by atoms with E-state index < -0.39 is 75.7 Å². The molecule has 6 heterocycles. The van der Waals surface area contributed by atoms with Crippen molar-refractivity contribution in [2.24, 2.45) is 0 Å². The minimum Gasteiger partial charge on any atom is -0.394 e. The van der Waals surface area contributed by atoms with Crippen LogP contribution in [0.25, 0.3) is 22.2 Å². The number of phosphoric acid groups is 1. The van der Waals surface area contributed by atoms with Crippen LogP contribution in [0.4, 0.5) is 11.8 Å². The number of hydrogen-bond donors (Lipinski definition) is 8. The summed E-state index contributed by atoms with van der Waals surface area (Å²) < 4.78 is 37.4. The van der Waals surface area contributed by atoms with Crippen LogP contribution in [0.3, 0.4) is 0 Å². The maximum atomic E-state index is 12.9. The van der Waals surface area contributed by atoms with E-state index in [0.717, 1.165) is 10.9 Å². The van der Waals surface area contributed by atoms with E-state index in [2.05, 4.69) is 24.9 Å². The molecule has 232 valence electrons. The Morgan fingerprint density at radius 2 is 1.79 bits per heavy atom. The van der Waals surface area contributed by atoms with Gasteiger partial charge < -0.3 is 50.8 Å². The van der Waals surface area contributed by atoms with E-state index in [1.807, 2.05) is 0 Å². The van der Waals surface area contributed by atoms with Crippen molar-refractivity contribution in [2.75, 3.05) is 24.7 Å². The molecule has 20 nitrogen and oxygen atoms in total. The Labute approximate surface area is 240 Å². The number of nitrogen functional groups attached to an aromatic ring is 2. The Hall–Kier alpha value is -3.56. The molecule has 2 saturated heterocycles. The Morgan fingerprint density at radius 1 is 1.02 bits per heavy atom. The lowest BCUT2D eigenvalue weighted by Gasteiger charge is -2.24. The van der Waals surface area contributed by atoms with Gasteiger partial charge in [0.1, 0.15) is 48.3 Å². The van der Waals surface area contributed by atoms with Gasteiger partial charge >= 0.3 is 7.82 Å². The molecule has 2 fully saturated rings. The molecule has 0 spiro atoms. The lowest BCUT2D eigenvalue weighted by Crippen LogP contribution is -2.35. The standard InChI is InChI=1S/C22H28N9O11P/c23-16-8-1-3-30(17(8)26-6-25-16)20-14(35)12(33)9(40-20)2-4-39-43(37,38)42-15-13(34)10(5-32)41-21(15)31-7-27-11-18(31)28-22(24)29-19(11)36/h1,3,6-7,9-10,12-15,20-21,32-35H,2,4-5H2,(H,37,38)(H2,23,25,26)(H3,24,28,29,36)/t9-,10-,12-,13-,14-,15-,20-,21-/m1/s1. The van der Waals surface area contributed by atoms with Crippen LogP contribution in [0.1, 0.15) is 18.9 Å². The highest BCUT2D eigenvalue weighted by molar-refractivity contribution is 7.47.